The normalized spacial score (nSPS) is 14.1. The number of rotatable bonds is 12. The van der Waals surface area contributed by atoms with E-state index in [1.165, 1.54) is 0 Å². The van der Waals surface area contributed by atoms with E-state index in [0.717, 1.165) is 24.8 Å². The molecule has 0 spiro atoms. The maximum atomic E-state index is 12.7. The Morgan fingerprint density at radius 1 is 1.07 bits per heavy atom. The molecule has 0 bridgehead atoms. The molecule has 0 saturated carbocycles. The van der Waals surface area contributed by atoms with E-state index in [1.807, 2.05) is 20.1 Å². The van der Waals surface area contributed by atoms with Gasteiger partial charge in [-0.1, -0.05) is 44.4 Å². The lowest BCUT2D eigenvalue weighted by molar-refractivity contribution is -0.123. The number of aryl methyl sites for hydroxylation is 1. The van der Waals surface area contributed by atoms with Crippen LogP contribution in [0.5, 0.6) is 0 Å². The van der Waals surface area contributed by atoms with Gasteiger partial charge >= 0.3 is 0 Å². The van der Waals surface area contributed by atoms with Gasteiger partial charge in [0.25, 0.3) is 0 Å². The molecule has 0 aliphatic carbocycles. The van der Waals surface area contributed by atoms with E-state index >= 15 is 0 Å². The number of hydrogen-bond donors (Lipinski definition) is 2. The van der Waals surface area contributed by atoms with E-state index in [-0.39, 0.29) is 16.8 Å². The molecule has 2 N–H and O–H groups in total. The topological polar surface area (TPSA) is 75.3 Å². The third-order valence-corrected chi connectivity index (χ3v) is 6.49. The Morgan fingerprint density at radius 2 is 1.70 bits per heavy atom. The summed E-state index contributed by atoms with van der Waals surface area (Å²) in [4.78, 5) is 12.9. The Morgan fingerprint density at radius 3 is 2.26 bits per heavy atom. The summed E-state index contributed by atoms with van der Waals surface area (Å²) in [5.74, 6) is 1.09. The Balaban J connectivity index is 2.75. The molecule has 0 heterocycles. The Labute approximate surface area is 169 Å². The van der Waals surface area contributed by atoms with Crippen LogP contribution in [0.4, 0.5) is 0 Å². The number of benzene rings is 1. The SMILES string of the molecule is CSCCC(NS(=O)(=O)c1ccc(C)cc1)C(=O)NC(C)CCCC(C)C. The highest BCUT2D eigenvalue weighted by Gasteiger charge is 2.26. The Bertz CT molecular complexity index is 673. The van der Waals surface area contributed by atoms with E-state index in [9.17, 15) is 13.2 Å². The van der Waals surface area contributed by atoms with Crippen LogP contribution >= 0.6 is 11.8 Å². The van der Waals surface area contributed by atoms with E-state index in [0.29, 0.717) is 18.1 Å². The molecule has 0 fully saturated rings. The fraction of sp³-hybridized carbons (Fsp3) is 0.650. The zero-order chi connectivity index (χ0) is 20.4. The smallest absolute Gasteiger partial charge is 0.241 e. The minimum absolute atomic E-state index is 0.0249. The van der Waals surface area contributed by atoms with Crippen LogP contribution in [-0.4, -0.2) is 38.4 Å². The molecule has 1 aromatic carbocycles. The first-order chi connectivity index (χ1) is 12.7. The van der Waals surface area contributed by atoms with Gasteiger partial charge in [-0.25, -0.2) is 8.42 Å². The highest BCUT2D eigenvalue weighted by Crippen LogP contribution is 2.13. The second-order valence-corrected chi connectivity index (χ2v) is 10.2. The summed E-state index contributed by atoms with van der Waals surface area (Å²) < 4.78 is 27.9. The van der Waals surface area contributed by atoms with Crippen molar-refractivity contribution in [3.63, 3.8) is 0 Å². The van der Waals surface area contributed by atoms with Gasteiger partial charge in [0.2, 0.25) is 15.9 Å². The number of sulfonamides is 1. The molecule has 1 amide bonds. The van der Waals surface area contributed by atoms with Crippen molar-refractivity contribution >= 4 is 27.7 Å². The fourth-order valence-electron chi connectivity index (χ4n) is 2.70. The summed E-state index contributed by atoms with van der Waals surface area (Å²) in [5, 5.41) is 2.97. The van der Waals surface area contributed by atoms with Crippen molar-refractivity contribution in [2.24, 2.45) is 5.92 Å². The molecule has 0 saturated heterocycles. The van der Waals surface area contributed by atoms with Gasteiger partial charge in [0.15, 0.2) is 0 Å². The zero-order valence-electron chi connectivity index (χ0n) is 17.1. The molecule has 0 radical (unpaired) electrons. The second-order valence-electron chi connectivity index (χ2n) is 7.50. The zero-order valence-corrected chi connectivity index (χ0v) is 18.8. The van der Waals surface area contributed by atoms with Crippen molar-refractivity contribution in [2.45, 2.75) is 70.4 Å². The Kier molecular flexibility index (Phi) is 10.4. The number of carbonyl (C=O) groups excluding carboxylic acids is 1. The third kappa shape index (κ3) is 9.12. The van der Waals surface area contributed by atoms with E-state index in [1.54, 1.807) is 36.0 Å². The molecule has 1 aromatic rings. The molecule has 2 unspecified atom stereocenters. The Hall–Kier alpha value is -1.05. The predicted molar refractivity (Wildman–Crippen MR) is 115 cm³/mol. The number of thioether (sulfide) groups is 1. The first-order valence-electron chi connectivity index (χ1n) is 9.54. The van der Waals surface area contributed by atoms with Crippen LogP contribution in [0.3, 0.4) is 0 Å². The van der Waals surface area contributed by atoms with Crippen LogP contribution in [0.25, 0.3) is 0 Å². The quantitative estimate of drug-likeness (QED) is 0.546. The summed E-state index contributed by atoms with van der Waals surface area (Å²) in [6.45, 7) is 8.24. The molecular formula is C20H34N2O3S2. The average molecular weight is 415 g/mol. The molecule has 154 valence electrons. The first kappa shape index (κ1) is 24.0. The molecule has 5 nitrogen and oxygen atoms in total. The molecule has 27 heavy (non-hydrogen) atoms. The monoisotopic (exact) mass is 414 g/mol. The van der Waals surface area contributed by atoms with E-state index in [4.69, 9.17) is 0 Å². The first-order valence-corrected chi connectivity index (χ1v) is 12.4. The number of carbonyl (C=O) groups is 1. The molecular weight excluding hydrogens is 380 g/mol. The summed E-state index contributed by atoms with van der Waals surface area (Å²) in [6, 6.07) is 5.89. The van der Waals surface area contributed by atoms with Crippen molar-refractivity contribution in [3.8, 4) is 0 Å². The van der Waals surface area contributed by atoms with Gasteiger partial charge in [0.05, 0.1) is 4.90 Å². The van der Waals surface area contributed by atoms with Gasteiger partial charge in [-0.05, 0) is 56.7 Å². The second kappa shape index (κ2) is 11.7. The minimum atomic E-state index is -3.74. The third-order valence-electron chi connectivity index (χ3n) is 4.36. The maximum absolute atomic E-state index is 12.7. The van der Waals surface area contributed by atoms with Gasteiger partial charge < -0.3 is 5.32 Å². The predicted octanol–water partition coefficient (Wildman–Crippen LogP) is 3.73. The standard InChI is InChI=1S/C20H34N2O3S2/c1-15(2)7-6-8-17(4)21-20(23)19(13-14-26-5)22-27(24,25)18-11-9-16(3)10-12-18/h9-12,15,17,19,22H,6-8,13-14H2,1-5H3,(H,21,23). The summed E-state index contributed by atoms with van der Waals surface area (Å²) >= 11 is 1.59. The fourth-order valence-corrected chi connectivity index (χ4v) is 4.40. The van der Waals surface area contributed by atoms with Crippen molar-refractivity contribution in [1.29, 1.82) is 0 Å². The molecule has 2 atom stereocenters. The highest BCUT2D eigenvalue weighted by atomic mass is 32.2. The van der Waals surface area contributed by atoms with Crippen LogP contribution in [0, 0.1) is 12.8 Å². The number of hydrogen-bond acceptors (Lipinski definition) is 4. The van der Waals surface area contributed by atoms with Crippen molar-refractivity contribution in [1.82, 2.24) is 10.0 Å². The van der Waals surface area contributed by atoms with Crippen LogP contribution in [0.15, 0.2) is 29.2 Å². The van der Waals surface area contributed by atoms with E-state index in [2.05, 4.69) is 23.9 Å². The molecule has 0 aliphatic rings. The molecule has 7 heteroatoms. The van der Waals surface area contributed by atoms with Crippen molar-refractivity contribution in [3.05, 3.63) is 29.8 Å². The van der Waals surface area contributed by atoms with E-state index < -0.39 is 16.1 Å². The van der Waals surface area contributed by atoms with Crippen LogP contribution in [0.1, 0.15) is 52.0 Å². The molecule has 0 aliphatic heterocycles. The lowest BCUT2D eigenvalue weighted by atomic mass is 10.0. The number of nitrogens with one attached hydrogen (secondary N) is 2. The lowest BCUT2D eigenvalue weighted by Gasteiger charge is -2.21. The number of amides is 1. The van der Waals surface area contributed by atoms with Gasteiger partial charge in [-0.2, -0.15) is 16.5 Å². The van der Waals surface area contributed by atoms with Gasteiger partial charge in [0, 0.05) is 6.04 Å². The maximum Gasteiger partial charge on any atom is 0.241 e. The average Bonchev–Trinajstić information content (AvgIpc) is 2.58. The van der Waals surface area contributed by atoms with Gasteiger partial charge in [-0.15, -0.1) is 0 Å². The van der Waals surface area contributed by atoms with Gasteiger partial charge in [-0.3, -0.25) is 4.79 Å². The molecule has 0 aromatic heterocycles. The minimum Gasteiger partial charge on any atom is -0.352 e. The molecule has 1 rings (SSSR count). The van der Waals surface area contributed by atoms with Crippen LogP contribution in [-0.2, 0) is 14.8 Å². The van der Waals surface area contributed by atoms with Crippen molar-refractivity contribution in [2.75, 3.05) is 12.0 Å². The largest absolute Gasteiger partial charge is 0.352 e. The summed E-state index contributed by atoms with van der Waals surface area (Å²) in [7, 11) is -3.74. The van der Waals surface area contributed by atoms with Crippen LogP contribution < -0.4 is 10.0 Å². The van der Waals surface area contributed by atoms with Crippen molar-refractivity contribution < 1.29 is 13.2 Å². The summed E-state index contributed by atoms with van der Waals surface area (Å²) in [5.41, 5.74) is 0.987. The lowest BCUT2D eigenvalue weighted by Crippen LogP contribution is -2.49. The highest BCUT2D eigenvalue weighted by molar-refractivity contribution is 7.98. The van der Waals surface area contributed by atoms with Crippen LogP contribution in [0.2, 0.25) is 0 Å². The van der Waals surface area contributed by atoms with Gasteiger partial charge in [0.1, 0.15) is 6.04 Å². The summed E-state index contributed by atoms with van der Waals surface area (Å²) in [6.07, 6.45) is 5.46.